The second kappa shape index (κ2) is 19.0. The molecular weight excluding hydrogens is 651 g/mol. The minimum absolute atomic E-state index is 0.0532. The van der Waals surface area contributed by atoms with E-state index >= 15 is 0 Å². The predicted octanol–water partition coefficient (Wildman–Crippen LogP) is 4.59. The van der Waals surface area contributed by atoms with Crippen LogP contribution in [0.5, 0.6) is 0 Å². The van der Waals surface area contributed by atoms with Gasteiger partial charge < -0.3 is 38.5 Å². The van der Waals surface area contributed by atoms with Gasteiger partial charge in [-0.05, 0) is 39.5 Å². The lowest BCUT2D eigenvalue weighted by Crippen LogP contribution is -2.56. The third kappa shape index (κ3) is 11.0. The van der Waals surface area contributed by atoms with E-state index in [-0.39, 0.29) is 56.6 Å². The fraction of sp³-hybridized carbons (Fsp3) is 0.618. The molecule has 14 nitrogen and oxygen atoms in total. The van der Waals surface area contributed by atoms with Crippen LogP contribution in [-0.4, -0.2) is 122 Å². The van der Waals surface area contributed by atoms with E-state index in [0.29, 0.717) is 50.8 Å². The fourth-order valence-electron chi connectivity index (χ4n) is 5.82. The molecule has 2 aromatic rings. The number of benzene rings is 1. The summed E-state index contributed by atoms with van der Waals surface area (Å²) >= 11 is 0. The summed E-state index contributed by atoms with van der Waals surface area (Å²) in [6, 6.07) is 10.1. The van der Waals surface area contributed by atoms with Gasteiger partial charge in [0.1, 0.15) is 17.6 Å². The van der Waals surface area contributed by atoms with E-state index in [4.69, 9.17) is 23.5 Å². The molecule has 0 radical (unpaired) electrons. The smallest absolute Gasteiger partial charge is 0.409 e. The van der Waals surface area contributed by atoms with Gasteiger partial charge in [0, 0.05) is 58.0 Å². The number of nitrogens with zero attached hydrogens (tertiary/aromatic N) is 5. The second-order valence-electron chi connectivity index (χ2n) is 12.0. The largest absolute Gasteiger partial charge is 0.449 e. The van der Waals surface area contributed by atoms with Crippen LogP contribution in [0.15, 0.2) is 36.4 Å². The zero-order valence-corrected chi connectivity index (χ0v) is 30.1. The van der Waals surface area contributed by atoms with Crippen molar-refractivity contribution in [2.24, 2.45) is 0 Å². The van der Waals surface area contributed by atoms with E-state index in [1.165, 1.54) is 0 Å². The van der Waals surface area contributed by atoms with E-state index in [9.17, 15) is 18.9 Å². The van der Waals surface area contributed by atoms with Crippen molar-refractivity contribution in [2.75, 3.05) is 77.3 Å². The minimum Gasteiger partial charge on any atom is -0.449 e. The van der Waals surface area contributed by atoms with Gasteiger partial charge in [0.25, 0.3) is 5.91 Å². The molecule has 2 fully saturated rings. The van der Waals surface area contributed by atoms with E-state index in [2.05, 4.69) is 15.2 Å². The maximum atomic E-state index is 14.0. The number of unbranched alkanes of at least 4 members (excludes halogenated alkanes) is 1. The van der Waals surface area contributed by atoms with Gasteiger partial charge in [-0.3, -0.25) is 14.2 Å². The molecule has 4 rings (SSSR count). The highest BCUT2D eigenvalue weighted by atomic mass is 31.2. The Bertz CT molecular complexity index is 1410. The molecule has 49 heavy (non-hydrogen) atoms. The Labute approximate surface area is 289 Å². The topological polar surface area (TPSA) is 153 Å². The molecule has 0 unspecified atom stereocenters. The number of piperazine rings is 1. The lowest BCUT2D eigenvalue weighted by molar-refractivity contribution is -0.135. The molecule has 2 saturated heterocycles. The highest BCUT2D eigenvalue weighted by Gasteiger charge is 2.33. The van der Waals surface area contributed by atoms with Crippen molar-refractivity contribution in [3.05, 3.63) is 42.1 Å². The number of ether oxygens (including phenoxy) is 2. The molecule has 2 aliphatic rings. The Hall–Kier alpha value is -3.58. The number of hydrogen-bond donors (Lipinski definition) is 1. The van der Waals surface area contributed by atoms with Crippen LogP contribution in [0.1, 0.15) is 63.4 Å². The number of rotatable bonds is 17. The number of nitrogens with one attached hydrogen (secondary N) is 1. The summed E-state index contributed by atoms with van der Waals surface area (Å²) in [5.74, 6) is 0.161. The molecule has 0 spiro atoms. The van der Waals surface area contributed by atoms with Crippen molar-refractivity contribution < 1.29 is 37.5 Å². The summed E-state index contributed by atoms with van der Waals surface area (Å²) in [7, 11) is -1.68. The predicted molar refractivity (Wildman–Crippen MR) is 186 cm³/mol. The SMILES string of the molecule is CCCCOC(=O)N1CCN(C(=O)[C@H](CCCP(=O)(OCC)OCC)NC(=O)c2cc(N3CC[C@H](OC)C3)nc(-c3ccccc3)n2)CC1. The van der Waals surface area contributed by atoms with Crippen LogP contribution in [0, 0.1) is 0 Å². The Kier molecular flexibility index (Phi) is 14.8. The van der Waals surface area contributed by atoms with Gasteiger partial charge in [-0.15, -0.1) is 0 Å². The molecule has 1 aromatic heterocycles. The zero-order valence-electron chi connectivity index (χ0n) is 29.2. The van der Waals surface area contributed by atoms with Gasteiger partial charge in [0.2, 0.25) is 5.91 Å². The van der Waals surface area contributed by atoms with E-state index in [1.807, 2.05) is 37.3 Å². The van der Waals surface area contributed by atoms with Crippen molar-refractivity contribution in [2.45, 2.75) is 65.0 Å². The van der Waals surface area contributed by atoms with Gasteiger partial charge in [-0.25, -0.2) is 14.8 Å². The van der Waals surface area contributed by atoms with Crippen molar-refractivity contribution in [1.82, 2.24) is 25.1 Å². The molecule has 0 bridgehead atoms. The standard InChI is InChI=1S/C34H51N6O8P/c1-5-8-22-46-34(43)39-20-18-38(19-21-39)33(42)28(15-12-23-49(44,47-6-2)48-7-3)36-32(41)29-24-30(40-17-16-27(25-40)45-4)37-31(35-29)26-13-10-9-11-14-26/h9-11,13-14,24,27-28H,5-8,12,15-23,25H2,1-4H3,(H,36,41)/t27-,28-/m0/s1. The molecule has 2 atom stereocenters. The van der Waals surface area contributed by atoms with Crippen LogP contribution in [0.2, 0.25) is 0 Å². The Morgan fingerprint density at radius 2 is 1.65 bits per heavy atom. The van der Waals surface area contributed by atoms with Crippen molar-refractivity contribution >= 4 is 31.3 Å². The molecule has 270 valence electrons. The maximum absolute atomic E-state index is 14.0. The summed E-state index contributed by atoms with van der Waals surface area (Å²) in [4.78, 5) is 55.1. The second-order valence-corrected chi connectivity index (χ2v) is 14.2. The molecule has 3 heterocycles. The molecule has 1 N–H and O–H groups in total. The summed E-state index contributed by atoms with van der Waals surface area (Å²) in [5, 5.41) is 2.93. The average molecular weight is 703 g/mol. The normalized spacial score (nSPS) is 17.2. The highest BCUT2D eigenvalue weighted by Crippen LogP contribution is 2.48. The lowest BCUT2D eigenvalue weighted by Gasteiger charge is -2.36. The summed E-state index contributed by atoms with van der Waals surface area (Å²) in [5.41, 5.74) is 0.874. The fourth-order valence-corrected chi connectivity index (χ4v) is 7.51. The van der Waals surface area contributed by atoms with Crippen LogP contribution >= 0.6 is 7.60 Å². The summed E-state index contributed by atoms with van der Waals surface area (Å²) in [6.45, 7) is 8.87. The number of carbonyl (C=O) groups excluding carboxylic acids is 3. The first-order chi connectivity index (χ1) is 23.7. The molecule has 2 aliphatic heterocycles. The van der Waals surface area contributed by atoms with Gasteiger partial charge >= 0.3 is 13.7 Å². The maximum Gasteiger partial charge on any atom is 0.409 e. The first-order valence-electron chi connectivity index (χ1n) is 17.3. The minimum atomic E-state index is -3.36. The molecule has 0 aliphatic carbocycles. The molecule has 15 heteroatoms. The molecule has 1 aromatic carbocycles. The Morgan fingerprint density at radius 3 is 2.29 bits per heavy atom. The zero-order chi connectivity index (χ0) is 35.2. The van der Waals surface area contributed by atoms with Gasteiger partial charge in [0.15, 0.2) is 5.82 Å². The van der Waals surface area contributed by atoms with Crippen LogP contribution in [0.4, 0.5) is 10.6 Å². The number of methoxy groups -OCH3 is 1. The Morgan fingerprint density at radius 1 is 0.959 bits per heavy atom. The molecule has 0 saturated carbocycles. The number of aromatic nitrogens is 2. The van der Waals surface area contributed by atoms with E-state index < -0.39 is 25.6 Å². The van der Waals surface area contributed by atoms with Gasteiger partial charge in [-0.2, -0.15) is 0 Å². The van der Waals surface area contributed by atoms with Crippen molar-refractivity contribution in [1.29, 1.82) is 0 Å². The summed E-state index contributed by atoms with van der Waals surface area (Å²) in [6.07, 6.45) is 2.79. The first-order valence-corrected chi connectivity index (χ1v) is 19.0. The van der Waals surface area contributed by atoms with Gasteiger partial charge in [-0.1, -0.05) is 43.7 Å². The van der Waals surface area contributed by atoms with Crippen LogP contribution in [-0.2, 0) is 27.9 Å². The van der Waals surface area contributed by atoms with Crippen molar-refractivity contribution in [3.63, 3.8) is 0 Å². The number of amides is 3. The third-order valence-electron chi connectivity index (χ3n) is 8.53. The number of anilines is 1. The number of hydrogen-bond acceptors (Lipinski definition) is 11. The molecular formula is C34H51N6O8P. The average Bonchev–Trinajstić information content (AvgIpc) is 3.61. The van der Waals surface area contributed by atoms with Crippen LogP contribution < -0.4 is 10.2 Å². The quantitative estimate of drug-likeness (QED) is 0.182. The number of carbonyl (C=O) groups is 3. The van der Waals surface area contributed by atoms with E-state index in [0.717, 1.165) is 24.8 Å². The van der Waals surface area contributed by atoms with Crippen LogP contribution in [0.25, 0.3) is 11.4 Å². The van der Waals surface area contributed by atoms with Gasteiger partial charge in [0.05, 0.1) is 32.1 Å². The van der Waals surface area contributed by atoms with Crippen molar-refractivity contribution in [3.8, 4) is 11.4 Å². The Balaban J connectivity index is 1.54. The highest BCUT2D eigenvalue weighted by molar-refractivity contribution is 7.53. The van der Waals surface area contributed by atoms with E-state index in [1.54, 1.807) is 36.8 Å². The summed E-state index contributed by atoms with van der Waals surface area (Å²) < 4.78 is 35.0. The molecule has 3 amide bonds. The first kappa shape index (κ1) is 38.2. The lowest BCUT2D eigenvalue weighted by atomic mass is 10.1. The third-order valence-corrected chi connectivity index (χ3v) is 10.7. The monoisotopic (exact) mass is 702 g/mol. The van der Waals surface area contributed by atoms with Crippen LogP contribution in [0.3, 0.4) is 0 Å².